The van der Waals surface area contributed by atoms with Gasteiger partial charge in [0.15, 0.2) is 0 Å². The number of rotatable bonds is 3. The van der Waals surface area contributed by atoms with Gasteiger partial charge in [0.05, 0.1) is 15.7 Å². The molecule has 102 valence electrons. The third-order valence-corrected chi connectivity index (χ3v) is 4.66. The van der Waals surface area contributed by atoms with Crippen molar-refractivity contribution in [3.05, 3.63) is 27.7 Å². The number of hydrogen-bond donors (Lipinski definition) is 2. The number of carbonyl (C=O) groups excluding carboxylic acids is 1. The minimum atomic E-state index is -1.22. The Bertz CT molecular complexity index is 530. The Labute approximate surface area is 124 Å². The van der Waals surface area contributed by atoms with Crippen LogP contribution in [0.2, 0.25) is 10.0 Å². The van der Waals surface area contributed by atoms with Crippen molar-refractivity contribution < 1.29 is 14.7 Å². The maximum atomic E-state index is 12.0. The summed E-state index contributed by atoms with van der Waals surface area (Å²) in [6.45, 7) is 0. The van der Waals surface area contributed by atoms with Crippen molar-refractivity contribution in [2.45, 2.75) is 6.42 Å². The van der Waals surface area contributed by atoms with Crippen molar-refractivity contribution in [3.63, 3.8) is 0 Å². The number of anilines is 1. The number of halogens is 2. The summed E-state index contributed by atoms with van der Waals surface area (Å²) < 4.78 is 0. The summed E-state index contributed by atoms with van der Waals surface area (Å²) in [5.74, 6) is 0.140. The Balaban J connectivity index is 2.30. The van der Waals surface area contributed by atoms with Gasteiger partial charge < -0.3 is 10.4 Å². The highest BCUT2D eigenvalue weighted by molar-refractivity contribution is 7.99. The summed E-state index contributed by atoms with van der Waals surface area (Å²) in [6.07, 6.45) is 0.789. The van der Waals surface area contributed by atoms with Gasteiger partial charge in [-0.1, -0.05) is 23.2 Å². The first kappa shape index (κ1) is 14.5. The van der Waals surface area contributed by atoms with Gasteiger partial charge in [-0.05, 0) is 24.3 Å². The summed E-state index contributed by atoms with van der Waals surface area (Å²) in [5.41, 5.74) is -0.100. The molecule has 1 amide bonds. The zero-order valence-electron chi connectivity index (χ0n) is 9.78. The number of carbonyl (C=O) groups is 2. The molecule has 1 heterocycles. The average Bonchev–Trinajstić information content (AvgIpc) is 2.87. The molecule has 1 unspecified atom stereocenters. The molecule has 0 bridgehead atoms. The van der Waals surface area contributed by atoms with Crippen LogP contribution in [-0.2, 0) is 4.79 Å². The molecular weight excluding hydrogens is 309 g/mol. The quantitative estimate of drug-likeness (QED) is 0.896. The Morgan fingerprint density at radius 2 is 2.00 bits per heavy atom. The third kappa shape index (κ3) is 3.16. The monoisotopic (exact) mass is 319 g/mol. The van der Waals surface area contributed by atoms with Crippen molar-refractivity contribution >= 4 is 52.5 Å². The van der Waals surface area contributed by atoms with E-state index < -0.39 is 5.97 Å². The van der Waals surface area contributed by atoms with Crippen LogP contribution in [0.15, 0.2) is 12.1 Å². The Morgan fingerprint density at radius 3 is 2.58 bits per heavy atom. The number of amides is 1. The van der Waals surface area contributed by atoms with Gasteiger partial charge in [-0.3, -0.25) is 4.79 Å². The smallest absolute Gasteiger partial charge is 0.339 e. The van der Waals surface area contributed by atoms with Crippen LogP contribution < -0.4 is 5.32 Å². The molecule has 1 aliphatic heterocycles. The zero-order chi connectivity index (χ0) is 14.0. The first-order chi connectivity index (χ1) is 9.00. The Hall–Kier alpha value is -0.910. The van der Waals surface area contributed by atoms with Crippen molar-refractivity contribution in [2.75, 3.05) is 16.8 Å². The SMILES string of the molecule is O=C(O)c1c(Cl)ccc(Cl)c1NC(=O)C1CCSC1. The summed E-state index contributed by atoms with van der Waals surface area (Å²) in [6, 6.07) is 2.86. The van der Waals surface area contributed by atoms with Crippen molar-refractivity contribution in [1.82, 2.24) is 0 Å². The normalized spacial score (nSPS) is 18.3. The molecule has 1 aromatic carbocycles. The Kier molecular flexibility index (Phi) is 4.60. The lowest BCUT2D eigenvalue weighted by atomic mass is 10.1. The van der Waals surface area contributed by atoms with E-state index in [0.29, 0.717) is 0 Å². The first-order valence-electron chi connectivity index (χ1n) is 5.60. The largest absolute Gasteiger partial charge is 0.478 e. The number of thioether (sulfide) groups is 1. The van der Waals surface area contributed by atoms with Gasteiger partial charge in [-0.2, -0.15) is 11.8 Å². The summed E-state index contributed by atoms with van der Waals surface area (Å²) in [5, 5.41) is 12.0. The van der Waals surface area contributed by atoms with Crippen LogP contribution in [0.3, 0.4) is 0 Å². The van der Waals surface area contributed by atoms with Gasteiger partial charge in [0.2, 0.25) is 5.91 Å². The highest BCUT2D eigenvalue weighted by Gasteiger charge is 2.26. The summed E-state index contributed by atoms with van der Waals surface area (Å²) in [7, 11) is 0. The minimum absolute atomic E-state index is 0.0491. The van der Waals surface area contributed by atoms with Crippen molar-refractivity contribution in [1.29, 1.82) is 0 Å². The molecule has 0 saturated carbocycles. The number of benzene rings is 1. The maximum Gasteiger partial charge on any atom is 0.339 e. The van der Waals surface area contributed by atoms with Gasteiger partial charge in [0, 0.05) is 11.7 Å². The second-order valence-corrected chi connectivity index (χ2v) is 6.10. The van der Waals surface area contributed by atoms with Crippen molar-refractivity contribution in [3.8, 4) is 0 Å². The number of aromatic carboxylic acids is 1. The highest BCUT2D eigenvalue weighted by atomic mass is 35.5. The van der Waals surface area contributed by atoms with E-state index in [9.17, 15) is 9.59 Å². The first-order valence-corrected chi connectivity index (χ1v) is 7.51. The fourth-order valence-corrected chi connectivity index (χ4v) is 3.51. The second-order valence-electron chi connectivity index (χ2n) is 4.13. The van der Waals surface area contributed by atoms with Gasteiger partial charge >= 0.3 is 5.97 Å². The fraction of sp³-hybridized carbons (Fsp3) is 0.333. The molecule has 4 nitrogen and oxygen atoms in total. The third-order valence-electron chi connectivity index (χ3n) is 2.87. The standard InChI is InChI=1S/C12H11Cl2NO3S/c13-7-1-2-8(14)10(9(7)12(17)18)15-11(16)6-3-4-19-5-6/h1-2,6H,3-5H2,(H,15,16)(H,17,18). The predicted molar refractivity (Wildman–Crippen MR) is 77.5 cm³/mol. The van der Waals surface area contributed by atoms with E-state index in [1.165, 1.54) is 12.1 Å². The van der Waals surface area contributed by atoms with Crippen LogP contribution in [0.5, 0.6) is 0 Å². The lowest BCUT2D eigenvalue weighted by Crippen LogP contribution is -2.24. The minimum Gasteiger partial charge on any atom is -0.478 e. The van der Waals surface area contributed by atoms with E-state index >= 15 is 0 Å². The molecule has 2 rings (SSSR count). The molecule has 1 atom stereocenters. The molecule has 19 heavy (non-hydrogen) atoms. The van der Waals surface area contributed by atoms with Crippen LogP contribution in [0.4, 0.5) is 5.69 Å². The number of hydrogen-bond acceptors (Lipinski definition) is 3. The van der Waals surface area contributed by atoms with Crippen molar-refractivity contribution in [2.24, 2.45) is 5.92 Å². The van der Waals surface area contributed by atoms with Gasteiger partial charge in [-0.25, -0.2) is 4.79 Å². The fourth-order valence-electron chi connectivity index (χ4n) is 1.85. The van der Waals surface area contributed by atoms with E-state index in [1.54, 1.807) is 11.8 Å². The number of carboxylic acids is 1. The predicted octanol–water partition coefficient (Wildman–Crippen LogP) is 3.38. The Morgan fingerprint density at radius 1 is 1.32 bits per heavy atom. The highest BCUT2D eigenvalue weighted by Crippen LogP contribution is 2.33. The molecule has 0 aromatic heterocycles. The summed E-state index contributed by atoms with van der Waals surface area (Å²) in [4.78, 5) is 23.2. The molecule has 1 aromatic rings. The molecule has 1 fully saturated rings. The lowest BCUT2D eigenvalue weighted by Gasteiger charge is -2.14. The van der Waals surface area contributed by atoms with Gasteiger partial charge in [-0.15, -0.1) is 0 Å². The summed E-state index contributed by atoms with van der Waals surface area (Å²) >= 11 is 13.5. The number of nitrogens with one attached hydrogen (secondary N) is 1. The lowest BCUT2D eigenvalue weighted by molar-refractivity contribution is -0.119. The van der Waals surface area contributed by atoms with Crippen LogP contribution in [-0.4, -0.2) is 28.5 Å². The maximum absolute atomic E-state index is 12.0. The molecule has 1 saturated heterocycles. The molecule has 1 aliphatic rings. The molecule has 7 heteroatoms. The van der Waals surface area contributed by atoms with Crippen LogP contribution in [0.1, 0.15) is 16.8 Å². The van der Waals surface area contributed by atoms with E-state index in [4.69, 9.17) is 28.3 Å². The molecule has 0 spiro atoms. The van der Waals surface area contributed by atoms with Gasteiger partial charge in [0.1, 0.15) is 5.56 Å². The van der Waals surface area contributed by atoms with E-state index in [0.717, 1.165) is 17.9 Å². The van der Waals surface area contributed by atoms with E-state index in [-0.39, 0.29) is 33.1 Å². The molecular formula is C12H11Cl2NO3S. The second kappa shape index (κ2) is 6.03. The zero-order valence-corrected chi connectivity index (χ0v) is 12.1. The van der Waals surface area contributed by atoms with Crippen LogP contribution >= 0.6 is 35.0 Å². The number of carboxylic acid groups (broad SMARTS) is 1. The van der Waals surface area contributed by atoms with Crippen LogP contribution in [0.25, 0.3) is 0 Å². The molecule has 2 N–H and O–H groups in total. The van der Waals surface area contributed by atoms with Crippen LogP contribution in [0, 0.1) is 5.92 Å². The molecule has 0 aliphatic carbocycles. The van der Waals surface area contributed by atoms with E-state index in [2.05, 4.69) is 5.32 Å². The van der Waals surface area contributed by atoms with Gasteiger partial charge in [0.25, 0.3) is 0 Å². The topological polar surface area (TPSA) is 66.4 Å². The van der Waals surface area contributed by atoms with E-state index in [1.807, 2.05) is 0 Å². The molecule has 0 radical (unpaired) electrons. The average molecular weight is 320 g/mol.